The fourth-order valence-electron chi connectivity index (χ4n) is 0.568. The Hall–Kier alpha value is -0.650. The molecule has 0 bridgehead atoms. The third-order valence-electron chi connectivity index (χ3n) is 1.23. The zero-order valence-electron chi connectivity index (χ0n) is 6.61. The van der Waals surface area contributed by atoms with Crippen LogP contribution in [-0.2, 0) is 14.3 Å². The Morgan fingerprint density at radius 2 is 2.18 bits per heavy atom. The van der Waals surface area contributed by atoms with Gasteiger partial charge < -0.3 is 20.3 Å². The summed E-state index contributed by atoms with van der Waals surface area (Å²) in [5.41, 5.74) is 5.25. The molecule has 0 fully saturated rings. The topological polar surface area (TPSA) is 81.8 Å². The van der Waals surface area contributed by atoms with Crippen LogP contribution < -0.4 is 5.73 Å². The predicted molar refractivity (Wildman–Crippen MR) is 37.9 cm³/mol. The van der Waals surface area contributed by atoms with Crippen molar-refractivity contribution in [2.24, 2.45) is 5.73 Å². The molecule has 2 unspecified atom stereocenters. The van der Waals surface area contributed by atoms with Gasteiger partial charge in [0.15, 0.2) is 0 Å². The lowest BCUT2D eigenvalue weighted by molar-refractivity contribution is -0.145. The molecule has 0 rings (SSSR count). The minimum atomic E-state index is -1.03. The Balaban J connectivity index is 3.80. The number of hydrogen-bond donors (Lipinski definition) is 2. The second kappa shape index (κ2) is 5.06. The molecule has 0 heterocycles. The van der Waals surface area contributed by atoms with Crippen molar-refractivity contribution in [1.82, 2.24) is 0 Å². The van der Waals surface area contributed by atoms with Crippen molar-refractivity contribution in [3.05, 3.63) is 0 Å². The van der Waals surface area contributed by atoms with E-state index < -0.39 is 18.1 Å². The first-order valence-corrected chi connectivity index (χ1v) is 3.14. The third kappa shape index (κ3) is 3.31. The molecule has 0 aromatic rings. The highest BCUT2D eigenvalue weighted by Gasteiger charge is 2.22. The highest BCUT2D eigenvalue weighted by Crippen LogP contribution is 1.92. The van der Waals surface area contributed by atoms with Crippen LogP contribution in [0, 0.1) is 0 Å². The number of aliphatic hydroxyl groups is 1. The van der Waals surface area contributed by atoms with Gasteiger partial charge in [-0.3, -0.25) is 4.79 Å². The van der Waals surface area contributed by atoms with Gasteiger partial charge in [-0.05, 0) is 0 Å². The monoisotopic (exact) mass is 163 g/mol. The van der Waals surface area contributed by atoms with Gasteiger partial charge in [-0.2, -0.15) is 0 Å². The van der Waals surface area contributed by atoms with E-state index in [9.17, 15) is 4.79 Å². The number of ether oxygens (including phenoxy) is 2. The number of nitrogens with two attached hydrogens (primary N) is 1. The lowest BCUT2D eigenvalue weighted by atomic mass is 10.2. The van der Waals surface area contributed by atoms with Crippen LogP contribution in [-0.4, -0.2) is 44.0 Å². The Labute approximate surface area is 65.1 Å². The van der Waals surface area contributed by atoms with Crippen molar-refractivity contribution in [2.45, 2.75) is 12.1 Å². The molecule has 66 valence electrons. The van der Waals surface area contributed by atoms with Crippen molar-refractivity contribution in [1.29, 1.82) is 0 Å². The molecule has 2 atom stereocenters. The van der Waals surface area contributed by atoms with E-state index in [4.69, 9.17) is 10.8 Å². The Morgan fingerprint density at radius 1 is 1.64 bits per heavy atom. The van der Waals surface area contributed by atoms with Gasteiger partial charge in [-0.25, -0.2) is 0 Å². The highest BCUT2D eigenvalue weighted by molar-refractivity contribution is 5.76. The molecule has 0 aromatic heterocycles. The van der Waals surface area contributed by atoms with Crippen molar-refractivity contribution < 1.29 is 19.4 Å². The van der Waals surface area contributed by atoms with Gasteiger partial charge >= 0.3 is 5.97 Å². The molecular formula is C6H13NO4. The molecule has 5 heteroatoms. The Kier molecular flexibility index (Phi) is 4.76. The summed E-state index contributed by atoms with van der Waals surface area (Å²) in [6, 6.07) is -1.03. The molecule has 0 aliphatic heterocycles. The molecule has 0 aromatic carbocycles. The van der Waals surface area contributed by atoms with E-state index in [1.807, 2.05) is 0 Å². The molecular weight excluding hydrogens is 150 g/mol. The van der Waals surface area contributed by atoms with Gasteiger partial charge in [0.25, 0.3) is 0 Å². The quantitative estimate of drug-likeness (QED) is 0.492. The molecule has 0 amide bonds. The lowest BCUT2D eigenvalue weighted by Gasteiger charge is -2.14. The van der Waals surface area contributed by atoms with E-state index in [1.165, 1.54) is 14.2 Å². The average molecular weight is 163 g/mol. The zero-order chi connectivity index (χ0) is 8.85. The van der Waals surface area contributed by atoms with Crippen LogP contribution in [0.2, 0.25) is 0 Å². The summed E-state index contributed by atoms with van der Waals surface area (Å²) in [5, 5.41) is 9.07. The predicted octanol–water partition coefficient (Wildman–Crippen LogP) is -1.51. The molecule has 5 nitrogen and oxygen atoms in total. The SMILES string of the molecule is COCC(O)C(N)C(=O)OC. The molecule has 3 N–H and O–H groups in total. The maximum Gasteiger partial charge on any atom is 0.325 e. The second-order valence-corrected chi connectivity index (χ2v) is 2.07. The number of hydrogen-bond acceptors (Lipinski definition) is 5. The third-order valence-corrected chi connectivity index (χ3v) is 1.23. The van der Waals surface area contributed by atoms with E-state index in [0.29, 0.717) is 0 Å². The van der Waals surface area contributed by atoms with E-state index in [2.05, 4.69) is 9.47 Å². The smallest absolute Gasteiger partial charge is 0.325 e. The number of esters is 1. The molecule has 0 radical (unpaired) electrons. The highest BCUT2D eigenvalue weighted by atomic mass is 16.5. The molecule has 11 heavy (non-hydrogen) atoms. The first-order valence-electron chi connectivity index (χ1n) is 3.14. The van der Waals surface area contributed by atoms with Gasteiger partial charge in [0.2, 0.25) is 0 Å². The number of carbonyl (C=O) groups is 1. The van der Waals surface area contributed by atoms with Crippen LogP contribution in [0.4, 0.5) is 0 Å². The zero-order valence-corrected chi connectivity index (χ0v) is 6.61. The minimum absolute atomic E-state index is 0.0241. The number of methoxy groups -OCH3 is 2. The van der Waals surface area contributed by atoms with E-state index in [1.54, 1.807) is 0 Å². The van der Waals surface area contributed by atoms with Crippen LogP contribution in [0.25, 0.3) is 0 Å². The van der Waals surface area contributed by atoms with Crippen LogP contribution in [0.1, 0.15) is 0 Å². The summed E-state index contributed by atoms with van der Waals surface area (Å²) in [4.78, 5) is 10.7. The van der Waals surface area contributed by atoms with Gasteiger partial charge in [0, 0.05) is 7.11 Å². The van der Waals surface area contributed by atoms with Crippen LogP contribution in [0.5, 0.6) is 0 Å². The normalized spacial score (nSPS) is 15.6. The Bertz CT molecular complexity index is 128. The van der Waals surface area contributed by atoms with Gasteiger partial charge in [0.1, 0.15) is 12.1 Å². The van der Waals surface area contributed by atoms with Gasteiger partial charge in [0.05, 0.1) is 13.7 Å². The van der Waals surface area contributed by atoms with Crippen LogP contribution >= 0.6 is 0 Å². The summed E-state index contributed by atoms with van der Waals surface area (Å²) in [6.45, 7) is 0.0241. The summed E-state index contributed by atoms with van der Waals surface area (Å²) < 4.78 is 8.88. The number of carbonyl (C=O) groups excluding carboxylic acids is 1. The summed E-state index contributed by atoms with van der Waals surface area (Å²) in [5.74, 6) is -0.644. The lowest BCUT2D eigenvalue weighted by Crippen LogP contribution is -2.44. The first-order chi connectivity index (χ1) is 5.13. The van der Waals surface area contributed by atoms with E-state index in [-0.39, 0.29) is 6.61 Å². The van der Waals surface area contributed by atoms with Crippen molar-refractivity contribution in [3.8, 4) is 0 Å². The standard InChI is InChI=1S/C6H13NO4/c1-10-3-4(8)5(7)6(9)11-2/h4-5,8H,3,7H2,1-2H3. The van der Waals surface area contributed by atoms with Gasteiger partial charge in [-0.15, -0.1) is 0 Å². The van der Waals surface area contributed by atoms with E-state index >= 15 is 0 Å². The first kappa shape index (κ1) is 10.3. The summed E-state index contributed by atoms with van der Waals surface area (Å²) in [7, 11) is 2.62. The maximum absolute atomic E-state index is 10.7. The van der Waals surface area contributed by atoms with Gasteiger partial charge in [-0.1, -0.05) is 0 Å². The molecule has 0 aliphatic rings. The summed E-state index contributed by atoms with van der Waals surface area (Å²) in [6.07, 6.45) is -1.01. The fraction of sp³-hybridized carbons (Fsp3) is 0.833. The largest absolute Gasteiger partial charge is 0.468 e. The number of rotatable bonds is 4. The van der Waals surface area contributed by atoms with Crippen molar-refractivity contribution in [2.75, 3.05) is 20.8 Å². The maximum atomic E-state index is 10.7. The van der Waals surface area contributed by atoms with Crippen LogP contribution in [0.3, 0.4) is 0 Å². The molecule has 0 saturated heterocycles. The minimum Gasteiger partial charge on any atom is -0.468 e. The van der Waals surface area contributed by atoms with Crippen LogP contribution in [0.15, 0.2) is 0 Å². The van der Waals surface area contributed by atoms with Crippen molar-refractivity contribution >= 4 is 5.97 Å². The average Bonchev–Trinajstić information content (AvgIpc) is 2.02. The summed E-state index contributed by atoms with van der Waals surface area (Å²) >= 11 is 0. The van der Waals surface area contributed by atoms with Crippen molar-refractivity contribution in [3.63, 3.8) is 0 Å². The Morgan fingerprint density at radius 3 is 2.55 bits per heavy atom. The van der Waals surface area contributed by atoms with E-state index in [0.717, 1.165) is 0 Å². The molecule has 0 saturated carbocycles. The molecule has 0 aliphatic carbocycles. The fourth-order valence-corrected chi connectivity index (χ4v) is 0.568. The molecule has 0 spiro atoms. The second-order valence-electron chi connectivity index (χ2n) is 2.07. The number of aliphatic hydroxyl groups excluding tert-OH is 1.